The van der Waals surface area contributed by atoms with Crippen molar-refractivity contribution < 1.29 is 20.4 Å². The highest BCUT2D eigenvalue weighted by atomic mass is 35.5. The summed E-state index contributed by atoms with van der Waals surface area (Å²) in [4.78, 5) is 3.84. The third-order valence-corrected chi connectivity index (χ3v) is 2.78. The molecule has 2 aromatic rings. The number of halogens is 1. The highest BCUT2D eigenvalue weighted by Crippen LogP contribution is 2.23. The zero-order valence-corrected chi connectivity index (χ0v) is 12.5. The van der Waals surface area contributed by atoms with Crippen molar-refractivity contribution in [2.24, 2.45) is 0 Å². The lowest BCUT2D eigenvalue weighted by Crippen LogP contribution is -1.98. The molecule has 2 rings (SSSR count). The standard InChI is InChI=1S/C8H11NO3.C7H8O.ClH/c1-5-8(12)7(4-11)6(3-10)2-9-5;8-6-7-4-2-1-3-5-7;/h2,10-12H,3-4H2,1H3;1-5,8H,6H2;1H. The van der Waals surface area contributed by atoms with Crippen LogP contribution in [0.15, 0.2) is 36.5 Å². The van der Waals surface area contributed by atoms with E-state index in [1.54, 1.807) is 6.92 Å². The molecule has 0 aliphatic carbocycles. The van der Waals surface area contributed by atoms with E-state index in [9.17, 15) is 5.11 Å². The van der Waals surface area contributed by atoms with E-state index in [-0.39, 0.29) is 38.0 Å². The minimum Gasteiger partial charge on any atom is -0.506 e. The Kier molecular flexibility index (Phi) is 9.32. The average molecular weight is 314 g/mol. The number of rotatable bonds is 3. The molecule has 0 aliphatic heterocycles. The van der Waals surface area contributed by atoms with Gasteiger partial charge in [-0.25, -0.2) is 0 Å². The van der Waals surface area contributed by atoms with E-state index in [1.807, 2.05) is 30.3 Å². The van der Waals surface area contributed by atoms with E-state index >= 15 is 0 Å². The Balaban J connectivity index is 0.000000390. The molecule has 0 spiro atoms. The molecule has 116 valence electrons. The minimum atomic E-state index is -0.287. The molecule has 1 heterocycles. The number of aromatic nitrogens is 1. The number of benzene rings is 1. The molecular weight excluding hydrogens is 294 g/mol. The van der Waals surface area contributed by atoms with Gasteiger partial charge in [0.2, 0.25) is 0 Å². The van der Waals surface area contributed by atoms with Gasteiger partial charge in [0.15, 0.2) is 0 Å². The summed E-state index contributed by atoms with van der Waals surface area (Å²) in [6, 6.07) is 9.52. The summed E-state index contributed by atoms with van der Waals surface area (Å²) < 4.78 is 0. The molecule has 0 saturated heterocycles. The number of hydrogen-bond donors (Lipinski definition) is 4. The fourth-order valence-corrected chi connectivity index (χ4v) is 1.58. The second-order valence-electron chi connectivity index (χ2n) is 4.16. The second kappa shape index (κ2) is 10.1. The molecule has 0 saturated carbocycles. The van der Waals surface area contributed by atoms with Gasteiger partial charge in [0.25, 0.3) is 0 Å². The van der Waals surface area contributed by atoms with Crippen molar-refractivity contribution in [1.29, 1.82) is 0 Å². The predicted octanol–water partition coefficient (Wildman–Crippen LogP) is 1.68. The van der Waals surface area contributed by atoms with Gasteiger partial charge >= 0.3 is 0 Å². The number of pyridine rings is 1. The van der Waals surface area contributed by atoms with Crippen LogP contribution in [-0.4, -0.2) is 25.4 Å². The van der Waals surface area contributed by atoms with Crippen LogP contribution in [0.4, 0.5) is 0 Å². The van der Waals surface area contributed by atoms with E-state index in [2.05, 4.69) is 4.98 Å². The molecule has 6 heteroatoms. The van der Waals surface area contributed by atoms with Crippen molar-refractivity contribution in [3.63, 3.8) is 0 Å². The molecule has 0 atom stereocenters. The van der Waals surface area contributed by atoms with Gasteiger partial charge in [-0.1, -0.05) is 30.3 Å². The summed E-state index contributed by atoms with van der Waals surface area (Å²) in [6.07, 6.45) is 1.45. The Morgan fingerprint density at radius 3 is 2.00 bits per heavy atom. The first-order valence-corrected chi connectivity index (χ1v) is 6.16. The van der Waals surface area contributed by atoms with Gasteiger partial charge in [0.05, 0.1) is 25.5 Å². The molecule has 1 aromatic heterocycles. The number of aliphatic hydroxyl groups is 3. The van der Waals surface area contributed by atoms with Crippen molar-refractivity contribution >= 4 is 12.4 Å². The maximum absolute atomic E-state index is 9.38. The smallest absolute Gasteiger partial charge is 0.142 e. The monoisotopic (exact) mass is 313 g/mol. The molecular formula is C15H20ClNO4. The minimum absolute atomic E-state index is 0. The third kappa shape index (κ3) is 5.69. The van der Waals surface area contributed by atoms with Crippen molar-refractivity contribution in [3.8, 4) is 5.75 Å². The van der Waals surface area contributed by atoms with Crippen LogP contribution in [0, 0.1) is 6.92 Å². The van der Waals surface area contributed by atoms with Crippen LogP contribution in [0.25, 0.3) is 0 Å². The molecule has 4 N–H and O–H groups in total. The Morgan fingerprint density at radius 2 is 1.57 bits per heavy atom. The molecule has 0 fully saturated rings. The summed E-state index contributed by atoms with van der Waals surface area (Å²) in [5, 5.41) is 35.6. The summed E-state index contributed by atoms with van der Waals surface area (Å²) in [5.74, 6) is -0.0379. The van der Waals surface area contributed by atoms with Gasteiger partial charge in [0.1, 0.15) is 5.75 Å². The molecule has 21 heavy (non-hydrogen) atoms. The summed E-state index contributed by atoms with van der Waals surface area (Å²) >= 11 is 0. The summed E-state index contributed by atoms with van der Waals surface area (Å²) in [5.41, 5.74) is 2.23. The van der Waals surface area contributed by atoms with Gasteiger partial charge in [0, 0.05) is 17.3 Å². The molecule has 0 radical (unpaired) electrons. The topological polar surface area (TPSA) is 93.8 Å². The zero-order valence-electron chi connectivity index (χ0n) is 11.7. The fourth-order valence-electron chi connectivity index (χ4n) is 1.58. The quantitative estimate of drug-likeness (QED) is 0.692. The second-order valence-corrected chi connectivity index (χ2v) is 4.16. The van der Waals surface area contributed by atoms with Crippen molar-refractivity contribution in [1.82, 2.24) is 4.98 Å². The van der Waals surface area contributed by atoms with Crippen molar-refractivity contribution in [2.75, 3.05) is 0 Å². The largest absolute Gasteiger partial charge is 0.506 e. The Labute approximate surface area is 130 Å². The lowest BCUT2D eigenvalue weighted by Gasteiger charge is -2.07. The SMILES string of the molecule is Cc1ncc(CO)c(CO)c1O.Cl.OCc1ccccc1. The lowest BCUT2D eigenvalue weighted by atomic mass is 10.1. The van der Waals surface area contributed by atoms with E-state index in [4.69, 9.17) is 15.3 Å². The van der Waals surface area contributed by atoms with Crippen LogP contribution in [-0.2, 0) is 19.8 Å². The van der Waals surface area contributed by atoms with Crippen molar-refractivity contribution in [2.45, 2.75) is 26.7 Å². The number of aromatic hydroxyl groups is 1. The first kappa shape index (κ1) is 19.3. The normalized spacial score (nSPS) is 9.33. The molecule has 0 unspecified atom stereocenters. The van der Waals surface area contributed by atoms with Crippen LogP contribution in [0.1, 0.15) is 22.4 Å². The molecule has 0 aliphatic rings. The Morgan fingerprint density at radius 1 is 0.952 bits per heavy atom. The van der Waals surface area contributed by atoms with Gasteiger partial charge in [-0.05, 0) is 12.5 Å². The predicted molar refractivity (Wildman–Crippen MR) is 82.1 cm³/mol. The van der Waals surface area contributed by atoms with E-state index in [0.717, 1.165) is 5.56 Å². The summed E-state index contributed by atoms with van der Waals surface area (Å²) in [6.45, 7) is 1.26. The Hall–Kier alpha value is -1.66. The maximum atomic E-state index is 9.38. The molecule has 0 amide bonds. The van der Waals surface area contributed by atoms with Crippen molar-refractivity contribution in [3.05, 3.63) is 58.9 Å². The first-order chi connectivity index (χ1) is 9.63. The number of hydrogen-bond acceptors (Lipinski definition) is 5. The highest BCUT2D eigenvalue weighted by Gasteiger charge is 2.09. The number of aliphatic hydroxyl groups excluding tert-OH is 3. The third-order valence-electron chi connectivity index (χ3n) is 2.78. The average Bonchev–Trinajstić information content (AvgIpc) is 2.51. The zero-order chi connectivity index (χ0) is 15.0. The highest BCUT2D eigenvalue weighted by molar-refractivity contribution is 5.85. The maximum Gasteiger partial charge on any atom is 0.142 e. The molecule has 1 aromatic carbocycles. The van der Waals surface area contributed by atoms with Crippen LogP contribution in [0.5, 0.6) is 5.75 Å². The van der Waals surface area contributed by atoms with Crippen LogP contribution in [0.2, 0.25) is 0 Å². The van der Waals surface area contributed by atoms with Crippen LogP contribution < -0.4 is 0 Å². The van der Waals surface area contributed by atoms with Gasteiger partial charge in [-0.15, -0.1) is 12.4 Å². The molecule has 0 bridgehead atoms. The molecule has 5 nitrogen and oxygen atoms in total. The fraction of sp³-hybridized carbons (Fsp3) is 0.267. The Bertz CT molecular complexity index is 535. The van der Waals surface area contributed by atoms with Gasteiger partial charge in [-0.3, -0.25) is 4.98 Å². The van der Waals surface area contributed by atoms with E-state index in [1.165, 1.54) is 6.20 Å². The summed E-state index contributed by atoms with van der Waals surface area (Å²) in [7, 11) is 0. The van der Waals surface area contributed by atoms with E-state index < -0.39 is 0 Å². The number of aryl methyl sites for hydroxylation is 1. The van der Waals surface area contributed by atoms with Gasteiger partial charge < -0.3 is 20.4 Å². The van der Waals surface area contributed by atoms with Crippen LogP contribution >= 0.6 is 12.4 Å². The van der Waals surface area contributed by atoms with E-state index in [0.29, 0.717) is 16.8 Å². The number of nitrogens with zero attached hydrogens (tertiary/aromatic N) is 1. The lowest BCUT2D eigenvalue weighted by molar-refractivity contribution is 0.254. The van der Waals surface area contributed by atoms with Gasteiger partial charge in [-0.2, -0.15) is 0 Å². The van der Waals surface area contributed by atoms with Crippen LogP contribution in [0.3, 0.4) is 0 Å². The first-order valence-electron chi connectivity index (χ1n) is 6.16.